The molecule has 0 bridgehead atoms. The Kier molecular flexibility index (Phi) is 7.88. The molecule has 1 aromatic heterocycles. The average molecular weight is 652 g/mol. The third-order valence-electron chi connectivity index (χ3n) is 9.54. The average Bonchev–Trinajstić information content (AvgIpc) is 3.66. The first-order valence-electron chi connectivity index (χ1n) is 17.3. The maximum Gasteiger partial charge on any atom is 0.227 e. The fourth-order valence-electron chi connectivity index (χ4n) is 6.84. The zero-order valence-corrected chi connectivity index (χ0v) is 27.9. The van der Waals surface area contributed by atoms with E-state index in [-0.39, 0.29) is 0 Å². The normalized spacial score (nSPS) is 11.1. The highest BCUT2D eigenvalue weighted by molar-refractivity contribution is 5.96. The van der Waals surface area contributed by atoms with E-state index in [2.05, 4.69) is 182 Å². The number of benzene rings is 8. The third-order valence-corrected chi connectivity index (χ3v) is 9.54. The van der Waals surface area contributed by atoms with Crippen molar-refractivity contribution in [3.63, 3.8) is 0 Å². The Bertz CT molecular complexity index is 2590. The van der Waals surface area contributed by atoms with Crippen LogP contribution < -0.4 is 0 Å². The predicted octanol–water partition coefficient (Wildman–Crippen LogP) is 13.5. The molecule has 0 atom stereocenters. The molecule has 0 amide bonds. The number of aromatic nitrogens is 1. The molecular formula is C49H33NO. The Morgan fingerprint density at radius 3 is 1.18 bits per heavy atom. The van der Waals surface area contributed by atoms with E-state index in [9.17, 15) is 0 Å². The van der Waals surface area contributed by atoms with E-state index >= 15 is 0 Å². The summed E-state index contributed by atoms with van der Waals surface area (Å²) < 4.78 is 6.64. The van der Waals surface area contributed by atoms with Crippen molar-refractivity contribution in [1.82, 2.24) is 4.98 Å². The fourth-order valence-corrected chi connectivity index (χ4v) is 6.84. The van der Waals surface area contributed by atoms with Gasteiger partial charge in [-0.15, -0.1) is 0 Å². The van der Waals surface area contributed by atoms with E-state index in [4.69, 9.17) is 9.40 Å². The summed E-state index contributed by atoms with van der Waals surface area (Å²) in [7, 11) is 0. The third kappa shape index (κ3) is 6.16. The molecule has 0 saturated carbocycles. The van der Waals surface area contributed by atoms with Crippen molar-refractivity contribution in [1.29, 1.82) is 0 Å². The van der Waals surface area contributed by atoms with Gasteiger partial charge in [-0.3, -0.25) is 0 Å². The van der Waals surface area contributed by atoms with E-state index in [1.807, 2.05) is 18.2 Å². The monoisotopic (exact) mass is 651 g/mol. The van der Waals surface area contributed by atoms with E-state index < -0.39 is 0 Å². The van der Waals surface area contributed by atoms with Crippen LogP contribution in [0.3, 0.4) is 0 Å². The van der Waals surface area contributed by atoms with Crippen LogP contribution in [0.1, 0.15) is 0 Å². The lowest BCUT2D eigenvalue weighted by Gasteiger charge is -2.09. The van der Waals surface area contributed by atoms with Gasteiger partial charge in [0.15, 0.2) is 5.58 Å². The summed E-state index contributed by atoms with van der Waals surface area (Å²) in [5, 5.41) is 0. The largest absolute Gasteiger partial charge is 0.436 e. The standard InChI is InChI=1S/C49H33NO/c1-4-12-34(13-5-1)37-22-24-39(25-23-37)45-32-46(40-28-26-38(27-29-40)35-14-6-2-7-15-35)48-47(33-45)51-49(50-48)44-21-11-20-43(31-44)42-19-10-18-41(30-42)36-16-8-3-9-17-36/h1-33H. The second-order valence-electron chi connectivity index (χ2n) is 12.8. The fraction of sp³-hybridized carbons (Fsp3) is 0. The molecule has 0 radical (unpaired) electrons. The van der Waals surface area contributed by atoms with Crippen LogP contribution in [0, 0.1) is 0 Å². The Morgan fingerprint density at radius 2 is 0.647 bits per heavy atom. The molecule has 9 aromatic rings. The molecule has 9 rings (SSSR count). The topological polar surface area (TPSA) is 26.0 Å². The van der Waals surface area contributed by atoms with E-state index in [0.29, 0.717) is 5.89 Å². The van der Waals surface area contributed by atoms with Crippen LogP contribution in [0.25, 0.3) is 89.3 Å². The summed E-state index contributed by atoms with van der Waals surface area (Å²) >= 11 is 0. The lowest BCUT2D eigenvalue weighted by Crippen LogP contribution is -1.86. The summed E-state index contributed by atoms with van der Waals surface area (Å²) in [6, 6.07) is 70.5. The van der Waals surface area contributed by atoms with Crippen molar-refractivity contribution in [2.45, 2.75) is 0 Å². The highest BCUT2D eigenvalue weighted by Gasteiger charge is 2.17. The van der Waals surface area contributed by atoms with Gasteiger partial charge in [0.2, 0.25) is 5.89 Å². The summed E-state index contributed by atoms with van der Waals surface area (Å²) in [5.41, 5.74) is 16.3. The minimum atomic E-state index is 0.602. The van der Waals surface area contributed by atoms with Gasteiger partial charge in [-0.25, -0.2) is 4.98 Å². The number of oxazole rings is 1. The van der Waals surface area contributed by atoms with Gasteiger partial charge in [-0.1, -0.05) is 170 Å². The van der Waals surface area contributed by atoms with Gasteiger partial charge < -0.3 is 4.42 Å². The number of hydrogen-bond acceptors (Lipinski definition) is 2. The number of nitrogens with zero attached hydrogens (tertiary/aromatic N) is 1. The molecule has 0 aliphatic heterocycles. The van der Waals surface area contributed by atoms with Crippen LogP contribution in [0.2, 0.25) is 0 Å². The Hall–Kier alpha value is -6.77. The van der Waals surface area contributed by atoms with Crippen LogP contribution in [-0.2, 0) is 0 Å². The molecule has 2 heteroatoms. The first-order chi connectivity index (χ1) is 25.2. The molecule has 0 N–H and O–H groups in total. The first kappa shape index (κ1) is 30.3. The van der Waals surface area contributed by atoms with Crippen molar-refractivity contribution in [2.24, 2.45) is 0 Å². The smallest absolute Gasteiger partial charge is 0.227 e. The molecule has 0 unspecified atom stereocenters. The molecule has 0 aliphatic rings. The van der Waals surface area contributed by atoms with Gasteiger partial charge in [0.05, 0.1) is 0 Å². The first-order valence-corrected chi connectivity index (χ1v) is 17.3. The minimum Gasteiger partial charge on any atom is -0.436 e. The molecule has 1 heterocycles. The maximum absolute atomic E-state index is 6.64. The van der Waals surface area contributed by atoms with Crippen molar-refractivity contribution in [3.8, 4) is 78.2 Å². The van der Waals surface area contributed by atoms with Gasteiger partial charge in [0, 0.05) is 11.1 Å². The van der Waals surface area contributed by atoms with Crippen molar-refractivity contribution in [3.05, 3.63) is 200 Å². The summed E-state index contributed by atoms with van der Waals surface area (Å²) in [4.78, 5) is 5.16. The van der Waals surface area contributed by atoms with Gasteiger partial charge in [-0.05, 0) is 91.5 Å². The van der Waals surface area contributed by atoms with Crippen molar-refractivity contribution in [2.75, 3.05) is 0 Å². The second-order valence-corrected chi connectivity index (χ2v) is 12.8. The van der Waals surface area contributed by atoms with Crippen LogP contribution in [0.15, 0.2) is 205 Å². The van der Waals surface area contributed by atoms with Gasteiger partial charge in [0.25, 0.3) is 0 Å². The second kappa shape index (κ2) is 13.3. The zero-order valence-electron chi connectivity index (χ0n) is 27.9. The van der Waals surface area contributed by atoms with Crippen molar-refractivity contribution < 1.29 is 4.42 Å². The summed E-state index contributed by atoms with van der Waals surface area (Å²) in [6.45, 7) is 0. The molecule has 0 spiro atoms. The van der Waals surface area contributed by atoms with E-state index in [1.54, 1.807) is 0 Å². The SMILES string of the molecule is c1ccc(-c2ccc(-c3cc(-c4ccc(-c5ccccc5)cc4)c4nc(-c5cccc(-c6cccc(-c7ccccc7)c6)c5)oc4c3)cc2)cc1. The summed E-state index contributed by atoms with van der Waals surface area (Å²) in [6.07, 6.45) is 0. The summed E-state index contributed by atoms with van der Waals surface area (Å²) in [5.74, 6) is 0.602. The molecule has 2 nitrogen and oxygen atoms in total. The van der Waals surface area contributed by atoms with Crippen LogP contribution in [0.5, 0.6) is 0 Å². The Balaban J connectivity index is 1.13. The number of fused-ring (bicyclic) bond motifs is 1. The number of hydrogen-bond donors (Lipinski definition) is 0. The molecule has 240 valence electrons. The zero-order chi connectivity index (χ0) is 34.0. The number of rotatable bonds is 7. The van der Waals surface area contributed by atoms with E-state index in [1.165, 1.54) is 33.4 Å². The van der Waals surface area contributed by atoms with Gasteiger partial charge >= 0.3 is 0 Å². The van der Waals surface area contributed by atoms with Gasteiger partial charge in [-0.2, -0.15) is 0 Å². The van der Waals surface area contributed by atoms with Crippen LogP contribution in [-0.4, -0.2) is 4.98 Å². The maximum atomic E-state index is 6.64. The molecule has 8 aromatic carbocycles. The Morgan fingerprint density at radius 1 is 0.275 bits per heavy atom. The molecule has 0 saturated heterocycles. The van der Waals surface area contributed by atoms with E-state index in [0.717, 1.165) is 50.0 Å². The lowest BCUT2D eigenvalue weighted by atomic mass is 9.95. The van der Waals surface area contributed by atoms with Gasteiger partial charge in [0.1, 0.15) is 5.52 Å². The Labute approximate surface area is 298 Å². The molecule has 0 aliphatic carbocycles. The predicted molar refractivity (Wildman–Crippen MR) is 212 cm³/mol. The minimum absolute atomic E-state index is 0.602. The van der Waals surface area contributed by atoms with Crippen LogP contribution >= 0.6 is 0 Å². The quantitative estimate of drug-likeness (QED) is 0.171. The lowest BCUT2D eigenvalue weighted by molar-refractivity contribution is 0.620. The highest BCUT2D eigenvalue weighted by atomic mass is 16.3. The highest BCUT2D eigenvalue weighted by Crippen LogP contribution is 2.38. The molecular weight excluding hydrogens is 619 g/mol. The molecule has 0 fully saturated rings. The van der Waals surface area contributed by atoms with Crippen LogP contribution in [0.4, 0.5) is 0 Å². The molecule has 51 heavy (non-hydrogen) atoms. The van der Waals surface area contributed by atoms with Crippen molar-refractivity contribution >= 4 is 11.1 Å².